The normalized spacial score (nSPS) is 10.0. The molecule has 23 heavy (non-hydrogen) atoms. The second-order valence-electron chi connectivity index (χ2n) is 4.38. The van der Waals surface area contributed by atoms with Crippen molar-refractivity contribution in [3.8, 4) is 0 Å². The molecule has 0 bridgehead atoms. The Kier molecular flexibility index (Phi) is 5.70. The van der Waals surface area contributed by atoms with Gasteiger partial charge in [-0.1, -0.05) is 23.7 Å². The van der Waals surface area contributed by atoms with Crippen LogP contribution in [-0.2, 0) is 0 Å². The van der Waals surface area contributed by atoms with Crippen LogP contribution < -0.4 is 10.6 Å². The van der Waals surface area contributed by atoms with Crippen LogP contribution in [0.15, 0.2) is 46.9 Å². The van der Waals surface area contributed by atoms with Gasteiger partial charge in [-0.25, -0.2) is 4.79 Å². The molecule has 0 saturated carbocycles. The van der Waals surface area contributed by atoms with Gasteiger partial charge in [-0.05, 0) is 58.5 Å². The van der Waals surface area contributed by atoms with Gasteiger partial charge in [0.2, 0.25) is 0 Å². The minimum atomic E-state index is -1.16. The zero-order chi connectivity index (χ0) is 17.0. The molecule has 0 aliphatic carbocycles. The summed E-state index contributed by atoms with van der Waals surface area (Å²) in [5, 5.41) is 14.6. The fourth-order valence-electron chi connectivity index (χ4n) is 1.77. The van der Waals surface area contributed by atoms with Crippen LogP contribution in [0.5, 0.6) is 0 Å². The second kappa shape index (κ2) is 7.54. The summed E-state index contributed by atoms with van der Waals surface area (Å²) in [5.74, 6) is -1.57. The van der Waals surface area contributed by atoms with Gasteiger partial charge in [-0.2, -0.15) is 0 Å². The standard InChI is InChI=1S/C15H10BrClN2O3S/c16-11-4-2-1-3-9(11)13(20)19-15(23)18-12-6-5-8(17)7-10(12)14(21)22/h1-7H,(H,21,22)(H2,18,19,20,23). The van der Waals surface area contributed by atoms with E-state index in [2.05, 4.69) is 26.6 Å². The Balaban J connectivity index is 2.13. The van der Waals surface area contributed by atoms with E-state index in [4.69, 9.17) is 28.9 Å². The second-order valence-corrected chi connectivity index (χ2v) is 6.08. The van der Waals surface area contributed by atoms with Gasteiger partial charge in [0.25, 0.3) is 5.91 Å². The Morgan fingerprint density at radius 2 is 1.83 bits per heavy atom. The third kappa shape index (κ3) is 4.51. The van der Waals surface area contributed by atoms with E-state index >= 15 is 0 Å². The van der Waals surface area contributed by atoms with Crippen LogP contribution in [0.3, 0.4) is 0 Å². The molecule has 0 aliphatic heterocycles. The van der Waals surface area contributed by atoms with E-state index in [0.717, 1.165) is 0 Å². The molecule has 0 saturated heterocycles. The maximum Gasteiger partial charge on any atom is 0.337 e. The summed E-state index contributed by atoms with van der Waals surface area (Å²) in [6.07, 6.45) is 0. The molecule has 1 amide bonds. The zero-order valence-corrected chi connectivity index (χ0v) is 14.6. The minimum absolute atomic E-state index is 0.0180. The number of hydrogen-bond donors (Lipinski definition) is 3. The highest BCUT2D eigenvalue weighted by atomic mass is 79.9. The first kappa shape index (κ1) is 17.4. The predicted octanol–water partition coefficient (Wildman–Crippen LogP) is 3.93. The highest BCUT2D eigenvalue weighted by Gasteiger charge is 2.14. The first-order valence-electron chi connectivity index (χ1n) is 6.28. The van der Waals surface area contributed by atoms with E-state index < -0.39 is 11.9 Å². The summed E-state index contributed by atoms with van der Waals surface area (Å²) < 4.78 is 0.623. The monoisotopic (exact) mass is 412 g/mol. The van der Waals surface area contributed by atoms with E-state index in [1.54, 1.807) is 24.3 Å². The first-order chi connectivity index (χ1) is 10.9. The molecule has 0 aliphatic rings. The SMILES string of the molecule is O=C(NC(=S)Nc1ccc(Cl)cc1C(=O)O)c1ccccc1Br. The Morgan fingerprint density at radius 1 is 1.13 bits per heavy atom. The van der Waals surface area contributed by atoms with Crippen molar-refractivity contribution in [2.75, 3.05) is 5.32 Å². The molecule has 2 rings (SSSR count). The number of aromatic carboxylic acids is 1. The lowest BCUT2D eigenvalue weighted by atomic mass is 10.2. The van der Waals surface area contributed by atoms with Crippen molar-refractivity contribution in [1.82, 2.24) is 5.32 Å². The molecule has 3 N–H and O–H groups in total. The van der Waals surface area contributed by atoms with Crippen LogP contribution in [-0.4, -0.2) is 22.1 Å². The summed E-state index contributed by atoms with van der Waals surface area (Å²) >= 11 is 14.1. The molecule has 8 heteroatoms. The van der Waals surface area contributed by atoms with Crippen LogP contribution in [0.1, 0.15) is 20.7 Å². The van der Waals surface area contributed by atoms with Crippen molar-refractivity contribution >= 4 is 62.4 Å². The van der Waals surface area contributed by atoms with Gasteiger partial charge in [0.15, 0.2) is 5.11 Å². The average Bonchev–Trinajstić information content (AvgIpc) is 2.49. The van der Waals surface area contributed by atoms with Gasteiger partial charge in [0.1, 0.15) is 0 Å². The average molecular weight is 414 g/mol. The van der Waals surface area contributed by atoms with Crippen molar-refractivity contribution in [3.63, 3.8) is 0 Å². The number of carbonyl (C=O) groups excluding carboxylic acids is 1. The Bertz CT molecular complexity index is 798. The van der Waals surface area contributed by atoms with E-state index in [0.29, 0.717) is 10.0 Å². The predicted molar refractivity (Wildman–Crippen MR) is 96.2 cm³/mol. The van der Waals surface area contributed by atoms with E-state index in [1.807, 2.05) is 0 Å². The van der Waals surface area contributed by atoms with Crippen LogP contribution in [0.25, 0.3) is 0 Å². The smallest absolute Gasteiger partial charge is 0.337 e. The fraction of sp³-hybridized carbons (Fsp3) is 0. The van der Waals surface area contributed by atoms with Crippen molar-refractivity contribution < 1.29 is 14.7 Å². The lowest BCUT2D eigenvalue weighted by molar-refractivity contribution is 0.0698. The van der Waals surface area contributed by atoms with Crippen molar-refractivity contribution in [3.05, 3.63) is 63.1 Å². The summed E-state index contributed by atoms with van der Waals surface area (Å²) in [6.45, 7) is 0. The quantitative estimate of drug-likeness (QED) is 0.665. The number of amides is 1. The molecule has 0 aromatic heterocycles. The number of rotatable bonds is 3. The number of benzene rings is 2. The summed E-state index contributed by atoms with van der Waals surface area (Å²) in [4.78, 5) is 23.3. The zero-order valence-electron chi connectivity index (χ0n) is 11.5. The number of hydrogen-bond acceptors (Lipinski definition) is 3. The highest BCUT2D eigenvalue weighted by molar-refractivity contribution is 9.10. The molecule has 0 radical (unpaired) electrons. The number of carbonyl (C=O) groups is 2. The van der Waals surface area contributed by atoms with Crippen LogP contribution in [0.2, 0.25) is 5.02 Å². The largest absolute Gasteiger partial charge is 0.478 e. The third-order valence-corrected chi connectivity index (χ3v) is 3.94. The Morgan fingerprint density at radius 3 is 2.48 bits per heavy atom. The molecule has 118 valence electrons. The molecule has 0 fully saturated rings. The number of nitrogens with one attached hydrogen (secondary N) is 2. The van der Waals surface area contributed by atoms with Gasteiger partial charge in [0.05, 0.1) is 16.8 Å². The lowest BCUT2D eigenvalue weighted by Crippen LogP contribution is -2.34. The van der Waals surface area contributed by atoms with Crippen molar-refractivity contribution in [2.45, 2.75) is 0 Å². The lowest BCUT2D eigenvalue weighted by Gasteiger charge is -2.12. The summed E-state index contributed by atoms with van der Waals surface area (Å²) in [5.41, 5.74) is 0.598. The number of anilines is 1. The first-order valence-corrected chi connectivity index (χ1v) is 7.86. The Labute approximate surface area is 150 Å². The molecule has 2 aromatic rings. The molecular formula is C15H10BrClN2O3S. The van der Waals surface area contributed by atoms with Gasteiger partial charge in [-0.3, -0.25) is 10.1 Å². The van der Waals surface area contributed by atoms with Crippen LogP contribution >= 0.6 is 39.7 Å². The topological polar surface area (TPSA) is 78.4 Å². The number of carboxylic acid groups (broad SMARTS) is 1. The van der Waals surface area contributed by atoms with Gasteiger partial charge in [0, 0.05) is 9.50 Å². The van der Waals surface area contributed by atoms with Crippen LogP contribution in [0.4, 0.5) is 5.69 Å². The van der Waals surface area contributed by atoms with E-state index in [1.165, 1.54) is 18.2 Å². The summed E-state index contributed by atoms with van der Waals surface area (Å²) in [7, 11) is 0. The molecule has 5 nitrogen and oxygen atoms in total. The number of halogens is 2. The van der Waals surface area contributed by atoms with E-state index in [9.17, 15) is 9.59 Å². The molecule has 0 heterocycles. The maximum absolute atomic E-state index is 12.1. The van der Waals surface area contributed by atoms with Crippen LogP contribution in [0, 0.1) is 0 Å². The van der Waals surface area contributed by atoms with Crippen molar-refractivity contribution in [2.24, 2.45) is 0 Å². The molecule has 0 spiro atoms. The number of carboxylic acids is 1. The molecule has 0 unspecified atom stereocenters. The third-order valence-electron chi connectivity index (χ3n) is 2.81. The van der Waals surface area contributed by atoms with Gasteiger partial charge in [-0.15, -0.1) is 0 Å². The fourth-order valence-corrected chi connectivity index (χ4v) is 2.61. The Hall–Kier alpha value is -1.96. The molecule has 2 aromatic carbocycles. The molecular weight excluding hydrogens is 404 g/mol. The van der Waals surface area contributed by atoms with Gasteiger partial charge < -0.3 is 10.4 Å². The molecule has 0 atom stereocenters. The highest BCUT2D eigenvalue weighted by Crippen LogP contribution is 2.21. The van der Waals surface area contributed by atoms with Crippen molar-refractivity contribution in [1.29, 1.82) is 0 Å². The van der Waals surface area contributed by atoms with Gasteiger partial charge >= 0.3 is 5.97 Å². The number of thiocarbonyl (C=S) groups is 1. The van der Waals surface area contributed by atoms with E-state index in [-0.39, 0.29) is 21.4 Å². The minimum Gasteiger partial charge on any atom is -0.478 e. The summed E-state index contributed by atoms with van der Waals surface area (Å²) in [6, 6.07) is 11.2. The maximum atomic E-state index is 12.1.